The van der Waals surface area contributed by atoms with Gasteiger partial charge in [-0.15, -0.1) is 0 Å². The van der Waals surface area contributed by atoms with E-state index in [4.69, 9.17) is 18.9 Å². The Hall–Kier alpha value is -3.60. The van der Waals surface area contributed by atoms with Gasteiger partial charge in [0.15, 0.2) is 11.5 Å². The monoisotopic (exact) mass is 580 g/mol. The van der Waals surface area contributed by atoms with Crippen molar-refractivity contribution in [3.63, 3.8) is 0 Å². The fraction of sp³-hybridized carbons (Fsp3) is 0.387. The number of hydrogen-bond acceptors (Lipinski definition) is 7. The number of carbonyl (C=O) groups excluding carboxylic acids is 1. The number of methoxy groups -OCH3 is 2. The molecule has 0 saturated carbocycles. The van der Waals surface area contributed by atoms with E-state index in [1.165, 1.54) is 22.0 Å². The van der Waals surface area contributed by atoms with E-state index in [0.29, 0.717) is 56.3 Å². The van der Waals surface area contributed by atoms with Gasteiger partial charge in [-0.25, -0.2) is 8.42 Å². The summed E-state index contributed by atoms with van der Waals surface area (Å²) in [5.41, 5.74) is 3.62. The van der Waals surface area contributed by atoms with Crippen LogP contribution < -0.4 is 14.2 Å². The minimum absolute atomic E-state index is 0.159. The maximum absolute atomic E-state index is 13.9. The lowest BCUT2D eigenvalue weighted by Crippen LogP contribution is -2.42. The molecule has 41 heavy (non-hydrogen) atoms. The molecule has 1 saturated heterocycles. The van der Waals surface area contributed by atoms with Crippen LogP contribution in [-0.4, -0.2) is 77.2 Å². The Morgan fingerprint density at radius 2 is 1.59 bits per heavy atom. The molecule has 2 aliphatic heterocycles. The molecule has 10 heteroatoms. The number of ether oxygens (including phenoxy) is 4. The Labute approximate surface area is 241 Å². The fourth-order valence-corrected chi connectivity index (χ4v) is 6.73. The van der Waals surface area contributed by atoms with Crippen molar-refractivity contribution < 1.29 is 32.2 Å². The smallest absolute Gasteiger partial charge is 0.254 e. The molecule has 0 aliphatic carbocycles. The average molecular weight is 581 g/mol. The lowest BCUT2D eigenvalue weighted by Gasteiger charge is -2.37. The van der Waals surface area contributed by atoms with Crippen molar-refractivity contribution in [2.45, 2.75) is 30.7 Å². The molecule has 1 unspecified atom stereocenters. The molecule has 0 spiro atoms. The number of nitrogens with zero attached hydrogens (tertiary/aromatic N) is 2. The van der Waals surface area contributed by atoms with Crippen LogP contribution in [0.1, 0.15) is 40.0 Å². The van der Waals surface area contributed by atoms with Crippen molar-refractivity contribution >= 4 is 15.9 Å². The van der Waals surface area contributed by atoms with Gasteiger partial charge in [-0.1, -0.05) is 19.1 Å². The van der Waals surface area contributed by atoms with Crippen molar-refractivity contribution in [1.29, 1.82) is 0 Å². The van der Waals surface area contributed by atoms with Crippen LogP contribution in [-0.2, 0) is 27.6 Å². The molecule has 5 rings (SSSR count). The Kier molecular flexibility index (Phi) is 8.82. The number of carbonyl (C=O) groups is 1. The van der Waals surface area contributed by atoms with Crippen LogP contribution in [0.25, 0.3) is 0 Å². The zero-order valence-electron chi connectivity index (χ0n) is 23.7. The average Bonchev–Trinajstić information content (AvgIpc) is 3.03. The highest BCUT2D eigenvalue weighted by atomic mass is 32.2. The van der Waals surface area contributed by atoms with Crippen molar-refractivity contribution in [2.75, 3.05) is 53.7 Å². The number of benzene rings is 3. The van der Waals surface area contributed by atoms with Crippen molar-refractivity contribution in [2.24, 2.45) is 0 Å². The number of morpholine rings is 1. The topological polar surface area (TPSA) is 94.6 Å². The molecule has 2 aliphatic rings. The van der Waals surface area contributed by atoms with Crippen LogP contribution in [0.5, 0.6) is 17.2 Å². The molecule has 1 atom stereocenters. The molecule has 3 aromatic carbocycles. The summed E-state index contributed by atoms with van der Waals surface area (Å²) in [7, 11) is -0.466. The Morgan fingerprint density at radius 3 is 2.22 bits per heavy atom. The van der Waals surface area contributed by atoms with E-state index in [2.05, 4.69) is 6.92 Å². The van der Waals surface area contributed by atoms with Crippen LogP contribution in [0.2, 0.25) is 0 Å². The minimum atomic E-state index is -3.66. The first-order valence-electron chi connectivity index (χ1n) is 13.8. The summed E-state index contributed by atoms with van der Waals surface area (Å²) in [6.45, 7) is 4.18. The fourth-order valence-electron chi connectivity index (χ4n) is 5.32. The van der Waals surface area contributed by atoms with Crippen LogP contribution in [0.15, 0.2) is 65.6 Å². The number of amides is 1. The lowest BCUT2D eigenvalue weighted by atomic mass is 9.91. The number of hydrogen-bond donors (Lipinski definition) is 0. The van der Waals surface area contributed by atoms with Crippen molar-refractivity contribution in [3.8, 4) is 17.2 Å². The molecule has 3 aromatic rings. The highest BCUT2D eigenvalue weighted by Crippen LogP contribution is 2.39. The van der Waals surface area contributed by atoms with E-state index >= 15 is 0 Å². The molecule has 1 amide bonds. The first-order valence-corrected chi connectivity index (χ1v) is 15.2. The Morgan fingerprint density at radius 1 is 0.927 bits per heavy atom. The van der Waals surface area contributed by atoms with Gasteiger partial charge in [0.1, 0.15) is 12.4 Å². The summed E-state index contributed by atoms with van der Waals surface area (Å²) < 4.78 is 50.2. The molecule has 0 aromatic heterocycles. The molecule has 0 N–H and O–H groups in total. The van der Waals surface area contributed by atoms with Gasteiger partial charge in [0.05, 0.1) is 38.4 Å². The number of rotatable bonds is 9. The zero-order valence-corrected chi connectivity index (χ0v) is 24.5. The van der Waals surface area contributed by atoms with Gasteiger partial charge in [-0.3, -0.25) is 4.79 Å². The number of aryl methyl sites for hydroxylation is 1. The predicted molar refractivity (Wildman–Crippen MR) is 154 cm³/mol. The summed E-state index contributed by atoms with van der Waals surface area (Å²) in [6.07, 6.45) is 1.57. The van der Waals surface area contributed by atoms with E-state index in [1.807, 2.05) is 36.4 Å². The first-order chi connectivity index (χ1) is 19.8. The first kappa shape index (κ1) is 28.9. The molecule has 2 heterocycles. The van der Waals surface area contributed by atoms with E-state index in [0.717, 1.165) is 23.3 Å². The Balaban J connectivity index is 1.43. The third kappa shape index (κ3) is 6.05. The molecule has 1 fully saturated rings. The lowest BCUT2D eigenvalue weighted by molar-refractivity contribution is 0.0589. The third-order valence-corrected chi connectivity index (χ3v) is 9.62. The van der Waals surface area contributed by atoms with Crippen LogP contribution in [0, 0.1) is 0 Å². The predicted octanol–water partition coefficient (Wildman–Crippen LogP) is 4.11. The number of sulfonamides is 1. The summed E-state index contributed by atoms with van der Waals surface area (Å²) >= 11 is 0. The van der Waals surface area contributed by atoms with Gasteiger partial charge in [-0.05, 0) is 78.1 Å². The summed E-state index contributed by atoms with van der Waals surface area (Å²) in [5.74, 6) is 1.74. The second kappa shape index (κ2) is 12.5. The van der Waals surface area contributed by atoms with Crippen molar-refractivity contribution in [3.05, 3.63) is 82.9 Å². The van der Waals surface area contributed by atoms with Crippen LogP contribution in [0.3, 0.4) is 0 Å². The molecular formula is C31H36N2O7S. The largest absolute Gasteiger partial charge is 0.493 e. The van der Waals surface area contributed by atoms with E-state index in [9.17, 15) is 13.2 Å². The molecule has 218 valence electrons. The van der Waals surface area contributed by atoms with Gasteiger partial charge >= 0.3 is 0 Å². The van der Waals surface area contributed by atoms with E-state index in [-0.39, 0.29) is 17.4 Å². The molecule has 9 nitrogen and oxygen atoms in total. The van der Waals surface area contributed by atoms with Gasteiger partial charge < -0.3 is 23.8 Å². The standard InChI is InChI=1S/C31H36N2O7S/c1-4-22-5-9-25(10-6-22)40-21-28-27-20-30(38-3)29(37-2)19-24(27)13-14-33(28)31(34)23-7-11-26(12-8-23)41(35,36)32-15-17-39-18-16-32/h5-12,19-20,28H,4,13-18,21H2,1-3H3. The molecular weight excluding hydrogens is 544 g/mol. The highest BCUT2D eigenvalue weighted by Gasteiger charge is 2.34. The SMILES string of the molecule is CCc1ccc(OCC2c3cc(OC)c(OC)cc3CCN2C(=O)c2ccc(S(=O)(=O)N3CCOCC3)cc2)cc1. The van der Waals surface area contributed by atoms with Gasteiger partial charge in [0.25, 0.3) is 5.91 Å². The summed E-state index contributed by atoms with van der Waals surface area (Å²) in [4.78, 5) is 15.8. The summed E-state index contributed by atoms with van der Waals surface area (Å²) in [5, 5.41) is 0. The Bertz CT molecular complexity index is 1470. The van der Waals surface area contributed by atoms with E-state index < -0.39 is 16.1 Å². The summed E-state index contributed by atoms with van der Waals surface area (Å²) in [6, 6.07) is 17.6. The van der Waals surface area contributed by atoms with E-state index in [1.54, 1.807) is 31.3 Å². The normalized spacial score (nSPS) is 17.5. The molecule has 0 radical (unpaired) electrons. The quantitative estimate of drug-likeness (QED) is 0.376. The highest BCUT2D eigenvalue weighted by molar-refractivity contribution is 7.89. The maximum atomic E-state index is 13.9. The molecule has 0 bridgehead atoms. The third-order valence-electron chi connectivity index (χ3n) is 7.71. The van der Waals surface area contributed by atoms with Gasteiger partial charge in [-0.2, -0.15) is 4.31 Å². The minimum Gasteiger partial charge on any atom is -0.493 e. The number of fused-ring (bicyclic) bond motifs is 1. The van der Waals surface area contributed by atoms with Crippen LogP contribution in [0.4, 0.5) is 0 Å². The second-order valence-electron chi connectivity index (χ2n) is 10.0. The van der Waals surface area contributed by atoms with Crippen molar-refractivity contribution in [1.82, 2.24) is 9.21 Å². The van der Waals surface area contributed by atoms with Crippen LogP contribution >= 0.6 is 0 Å². The van der Waals surface area contributed by atoms with Gasteiger partial charge in [0.2, 0.25) is 10.0 Å². The zero-order chi connectivity index (χ0) is 29.0. The maximum Gasteiger partial charge on any atom is 0.254 e. The van der Waals surface area contributed by atoms with Gasteiger partial charge in [0, 0.05) is 25.2 Å². The second-order valence-corrected chi connectivity index (χ2v) is 12.0.